The van der Waals surface area contributed by atoms with Crippen molar-refractivity contribution in [2.24, 2.45) is 17.3 Å². The molecule has 2 atom stereocenters. The number of ether oxygens (including phenoxy) is 6. The highest BCUT2D eigenvalue weighted by atomic mass is 32.2. The molecule has 14 nitrogen and oxygen atoms in total. The van der Waals surface area contributed by atoms with E-state index in [0.717, 1.165) is 19.3 Å². The van der Waals surface area contributed by atoms with Crippen molar-refractivity contribution >= 4 is 55.2 Å². The molecule has 1 heterocycles. The average Bonchev–Trinajstić information content (AvgIpc) is 3.61. The van der Waals surface area contributed by atoms with E-state index in [0.29, 0.717) is 43.3 Å². The number of esters is 4. The monoisotopic (exact) mass is 943 g/mol. The van der Waals surface area contributed by atoms with E-state index in [1.807, 2.05) is 52.6 Å². The van der Waals surface area contributed by atoms with Gasteiger partial charge in [-0.25, -0.2) is 0 Å². The van der Waals surface area contributed by atoms with Crippen LogP contribution in [0.5, 0.6) is 0 Å². The van der Waals surface area contributed by atoms with Gasteiger partial charge in [0.05, 0.1) is 48.2 Å². The lowest BCUT2D eigenvalue weighted by Gasteiger charge is -2.32. The summed E-state index contributed by atoms with van der Waals surface area (Å²) in [6, 6.07) is 0. The molecule has 0 spiro atoms. The average molecular weight is 943 g/mol. The van der Waals surface area contributed by atoms with Crippen LogP contribution in [0.25, 0.3) is 0 Å². The summed E-state index contributed by atoms with van der Waals surface area (Å²) in [7, 11) is 3.91. The molecule has 0 amide bonds. The number of hydrogen-bond acceptors (Lipinski definition) is 15. The number of aryl methyl sites for hydroxylation is 1. The standard InChI is InChI=1S/C47H87BN4O10S2/c1-35(31-63-46(12,13)33-42(3,4)5)40(55)60-27-25-58-38(53)17-21-51(29-37-30-52(50-49-37)23-19-45(10,11)62-24-20-44(8,9)57-16)22-18-39(54)59-26-28-61-41(56)36(2)32-64-47(14,15)34-43(6,7)48/h30,35-36H,17-29,31-34,48H2,1-16H3. The van der Waals surface area contributed by atoms with Crippen molar-refractivity contribution in [3.8, 4) is 0 Å². The molecule has 0 N–H and O–H groups in total. The number of carbonyl (C=O) groups excluding carboxylic acids is 4. The topological polar surface area (TPSA) is 158 Å². The van der Waals surface area contributed by atoms with Crippen molar-refractivity contribution < 1.29 is 47.6 Å². The Morgan fingerprint density at radius 1 is 0.688 bits per heavy atom. The Morgan fingerprint density at radius 2 is 1.16 bits per heavy atom. The quantitative estimate of drug-likeness (QED) is 0.0289. The Balaban J connectivity index is 2.74. The van der Waals surface area contributed by atoms with E-state index in [9.17, 15) is 19.2 Å². The minimum atomic E-state index is -0.455. The Morgan fingerprint density at radius 3 is 1.61 bits per heavy atom. The fourth-order valence-electron chi connectivity index (χ4n) is 7.17. The van der Waals surface area contributed by atoms with Crippen LogP contribution in [0.15, 0.2) is 6.20 Å². The Hall–Kier alpha value is -2.34. The third-order valence-corrected chi connectivity index (χ3v) is 13.5. The fourth-order valence-corrected chi connectivity index (χ4v) is 9.91. The van der Waals surface area contributed by atoms with Crippen LogP contribution in [0.2, 0.25) is 5.31 Å². The number of thioether (sulfide) groups is 2. The smallest absolute Gasteiger partial charge is 0.309 e. The minimum absolute atomic E-state index is 0.0277. The summed E-state index contributed by atoms with van der Waals surface area (Å²) in [6.07, 6.45) is 5.44. The zero-order valence-corrected chi connectivity index (χ0v) is 44.6. The highest BCUT2D eigenvalue weighted by molar-refractivity contribution is 8.00. The van der Waals surface area contributed by atoms with Gasteiger partial charge < -0.3 is 28.4 Å². The molecule has 2 unspecified atom stereocenters. The van der Waals surface area contributed by atoms with Crippen molar-refractivity contribution in [3.05, 3.63) is 11.9 Å². The van der Waals surface area contributed by atoms with Gasteiger partial charge in [0.25, 0.3) is 0 Å². The molecule has 0 saturated heterocycles. The number of aromatic nitrogens is 3. The summed E-state index contributed by atoms with van der Waals surface area (Å²) in [6.45, 7) is 33.6. The van der Waals surface area contributed by atoms with Crippen molar-refractivity contribution in [2.45, 2.75) is 181 Å². The van der Waals surface area contributed by atoms with Gasteiger partial charge in [-0.2, -0.15) is 23.5 Å². The maximum atomic E-state index is 12.8. The van der Waals surface area contributed by atoms with Crippen LogP contribution >= 0.6 is 23.5 Å². The van der Waals surface area contributed by atoms with E-state index in [4.69, 9.17) is 28.4 Å². The molecule has 0 aliphatic carbocycles. The first-order valence-corrected chi connectivity index (χ1v) is 25.0. The Bertz CT molecular complexity index is 1480. The molecule has 0 aliphatic rings. The number of rotatable bonds is 33. The van der Waals surface area contributed by atoms with Crippen molar-refractivity contribution in [2.75, 3.05) is 64.7 Å². The molecule has 0 radical (unpaired) electrons. The number of carbonyl (C=O) groups is 4. The molecule has 17 heteroatoms. The molecule has 0 saturated carbocycles. The van der Waals surface area contributed by atoms with Crippen LogP contribution in [0.1, 0.15) is 148 Å². The molecule has 0 aliphatic heterocycles. The van der Waals surface area contributed by atoms with Gasteiger partial charge in [0, 0.05) is 60.5 Å². The maximum Gasteiger partial charge on any atom is 0.309 e. The van der Waals surface area contributed by atoms with Crippen LogP contribution in [-0.2, 0) is 60.7 Å². The third-order valence-electron chi connectivity index (χ3n) is 10.3. The van der Waals surface area contributed by atoms with Gasteiger partial charge in [-0.1, -0.05) is 86.7 Å². The normalized spacial score (nSPS) is 14.0. The predicted molar refractivity (Wildman–Crippen MR) is 261 cm³/mol. The molecule has 0 bridgehead atoms. The van der Waals surface area contributed by atoms with Crippen molar-refractivity contribution in [1.82, 2.24) is 19.9 Å². The zero-order valence-electron chi connectivity index (χ0n) is 42.9. The van der Waals surface area contributed by atoms with Crippen LogP contribution < -0.4 is 0 Å². The van der Waals surface area contributed by atoms with E-state index in [1.54, 1.807) is 35.3 Å². The molecular weight excluding hydrogens is 855 g/mol. The van der Waals surface area contributed by atoms with Gasteiger partial charge in [-0.3, -0.25) is 28.8 Å². The highest BCUT2D eigenvalue weighted by Gasteiger charge is 2.30. The van der Waals surface area contributed by atoms with Gasteiger partial charge in [-0.05, 0) is 58.8 Å². The van der Waals surface area contributed by atoms with Gasteiger partial charge in [0.2, 0.25) is 0 Å². The first-order chi connectivity index (χ1) is 29.3. The lowest BCUT2D eigenvalue weighted by molar-refractivity contribution is -0.154. The highest BCUT2D eigenvalue weighted by Crippen LogP contribution is 2.40. The van der Waals surface area contributed by atoms with E-state index < -0.39 is 11.9 Å². The summed E-state index contributed by atoms with van der Waals surface area (Å²) in [5.41, 5.74) is 0.206. The fraction of sp³-hybridized carbons (Fsp3) is 0.872. The first-order valence-electron chi connectivity index (χ1n) is 23.0. The lowest BCUT2D eigenvalue weighted by atomic mass is 9.67. The van der Waals surface area contributed by atoms with E-state index in [2.05, 4.69) is 80.5 Å². The summed E-state index contributed by atoms with van der Waals surface area (Å²) in [5, 5.41) is 8.87. The molecule has 0 fully saturated rings. The largest absolute Gasteiger partial charge is 0.462 e. The predicted octanol–water partition coefficient (Wildman–Crippen LogP) is 7.99. The maximum absolute atomic E-state index is 12.8. The second-order valence-corrected chi connectivity index (χ2v) is 25.5. The van der Waals surface area contributed by atoms with Crippen LogP contribution in [-0.4, -0.2) is 137 Å². The molecule has 1 aromatic heterocycles. The summed E-state index contributed by atoms with van der Waals surface area (Å²) < 4.78 is 35.1. The van der Waals surface area contributed by atoms with E-state index >= 15 is 0 Å². The van der Waals surface area contributed by atoms with Crippen molar-refractivity contribution in [3.63, 3.8) is 0 Å². The Labute approximate surface area is 396 Å². The third kappa shape index (κ3) is 29.3. The number of methoxy groups -OCH3 is 1. The van der Waals surface area contributed by atoms with E-state index in [-0.39, 0.29) is 108 Å². The van der Waals surface area contributed by atoms with Gasteiger partial charge >= 0.3 is 23.9 Å². The van der Waals surface area contributed by atoms with Crippen LogP contribution in [0.4, 0.5) is 0 Å². The van der Waals surface area contributed by atoms with Gasteiger partial charge in [0.15, 0.2) is 0 Å². The SMILES string of the molecule is BC(C)(C)CC(C)(C)SCC(C)C(=O)OCCOC(=O)CCN(CCC(=O)OCCOC(=O)C(C)CSC(C)(C)CC(C)(C)C)Cc1cn(CCC(C)(C)OCCC(C)(C)OC)nn1. The number of nitrogens with zero attached hydrogens (tertiary/aromatic N) is 4. The number of hydrogen-bond donors (Lipinski definition) is 0. The summed E-state index contributed by atoms with van der Waals surface area (Å²) in [4.78, 5) is 52.8. The molecule has 1 aromatic rings. The van der Waals surface area contributed by atoms with Crippen LogP contribution in [0.3, 0.4) is 0 Å². The summed E-state index contributed by atoms with van der Waals surface area (Å²) >= 11 is 3.52. The molecule has 370 valence electrons. The molecular formula is C47H87BN4O10S2. The molecule has 1 rings (SSSR count). The van der Waals surface area contributed by atoms with Crippen molar-refractivity contribution in [1.29, 1.82) is 0 Å². The van der Waals surface area contributed by atoms with Gasteiger partial charge in [0.1, 0.15) is 34.3 Å². The zero-order chi connectivity index (χ0) is 49.0. The first kappa shape index (κ1) is 59.7. The lowest BCUT2D eigenvalue weighted by Crippen LogP contribution is -2.31. The second-order valence-electron chi connectivity index (χ2n) is 22.0. The Kier molecular flexibility index (Phi) is 25.6. The second kappa shape index (κ2) is 27.5. The minimum Gasteiger partial charge on any atom is -0.462 e. The molecule has 64 heavy (non-hydrogen) atoms. The van der Waals surface area contributed by atoms with E-state index in [1.165, 1.54) is 0 Å². The van der Waals surface area contributed by atoms with Gasteiger partial charge in [-0.15, -0.1) is 5.10 Å². The molecule has 0 aromatic carbocycles. The van der Waals surface area contributed by atoms with Crippen LogP contribution in [0, 0.1) is 17.3 Å². The summed E-state index contributed by atoms with van der Waals surface area (Å²) in [5.74, 6) is -0.847.